The minimum Gasteiger partial charge on any atom is -0.494 e. The van der Waals surface area contributed by atoms with Crippen molar-refractivity contribution in [2.24, 2.45) is 5.73 Å². The quantitative estimate of drug-likeness (QED) is 0.265. The van der Waals surface area contributed by atoms with E-state index < -0.39 is 23.9 Å². The molecule has 1 atom stereocenters. The minimum atomic E-state index is -1.09. The highest BCUT2D eigenvalue weighted by atomic mass is 32.1. The van der Waals surface area contributed by atoms with Gasteiger partial charge in [0.05, 0.1) is 18.6 Å². The van der Waals surface area contributed by atoms with Crippen LogP contribution >= 0.6 is 11.3 Å². The summed E-state index contributed by atoms with van der Waals surface area (Å²) in [5.74, 6) is -1.44. The van der Waals surface area contributed by atoms with E-state index in [2.05, 4.69) is 12.2 Å². The molecule has 0 fully saturated rings. The van der Waals surface area contributed by atoms with Crippen LogP contribution < -0.4 is 15.8 Å². The molecule has 0 spiro atoms. The number of esters is 1. The molecule has 2 amide bonds. The average molecular weight is 461 g/mol. The highest BCUT2D eigenvalue weighted by Crippen LogP contribution is 2.23. The smallest absolute Gasteiger partial charge is 0.307 e. The van der Waals surface area contributed by atoms with Gasteiger partial charge in [-0.3, -0.25) is 19.2 Å². The van der Waals surface area contributed by atoms with Gasteiger partial charge in [0.1, 0.15) is 10.8 Å². The van der Waals surface area contributed by atoms with Crippen molar-refractivity contribution in [1.82, 2.24) is 0 Å². The molecule has 0 aliphatic heterocycles. The van der Waals surface area contributed by atoms with Gasteiger partial charge >= 0.3 is 5.97 Å². The molecule has 3 N–H and O–H groups in total. The van der Waals surface area contributed by atoms with Crippen molar-refractivity contribution in [3.63, 3.8) is 0 Å². The number of thiophene rings is 1. The van der Waals surface area contributed by atoms with E-state index in [9.17, 15) is 19.2 Å². The Morgan fingerprint density at radius 1 is 1.06 bits per heavy atom. The van der Waals surface area contributed by atoms with Crippen molar-refractivity contribution in [3.8, 4) is 5.75 Å². The first-order valence-electron chi connectivity index (χ1n) is 10.5. The van der Waals surface area contributed by atoms with E-state index in [1.165, 1.54) is 13.0 Å². The molecule has 1 heterocycles. The zero-order chi connectivity index (χ0) is 23.5. The highest BCUT2D eigenvalue weighted by Gasteiger charge is 2.21. The number of rotatable bonds is 13. The monoisotopic (exact) mass is 460 g/mol. The number of anilines is 1. The Bertz CT molecular complexity index is 938. The lowest BCUT2D eigenvalue weighted by atomic mass is 10.1. The summed E-state index contributed by atoms with van der Waals surface area (Å²) >= 11 is 1.13. The first-order chi connectivity index (χ1) is 15.3. The minimum absolute atomic E-state index is 0.0410. The standard InChI is InChI=1S/C23H28N2O6S/c1-3-4-5-13-30-17-8-6-16(7-9-17)19(26)10-11-20(27)31-15(2)22(29)25-23-18(21(24)28)12-14-32-23/h6-9,12,14-15H,3-5,10-11,13H2,1-2H3,(H2,24,28)(H,25,29). The molecule has 8 nitrogen and oxygen atoms in total. The molecule has 2 aromatic rings. The third-order valence-corrected chi connectivity index (χ3v) is 5.42. The topological polar surface area (TPSA) is 125 Å². The Labute approximate surface area is 191 Å². The summed E-state index contributed by atoms with van der Waals surface area (Å²) in [6, 6.07) is 8.28. The number of nitrogens with one attached hydrogen (secondary N) is 1. The van der Waals surface area contributed by atoms with Crippen molar-refractivity contribution in [1.29, 1.82) is 0 Å². The molecule has 32 heavy (non-hydrogen) atoms. The summed E-state index contributed by atoms with van der Waals surface area (Å²) in [6.07, 6.45) is 1.92. The molecular weight excluding hydrogens is 432 g/mol. The van der Waals surface area contributed by atoms with Crippen molar-refractivity contribution in [2.75, 3.05) is 11.9 Å². The largest absolute Gasteiger partial charge is 0.494 e. The van der Waals surface area contributed by atoms with E-state index in [0.29, 0.717) is 22.9 Å². The van der Waals surface area contributed by atoms with Crippen LogP contribution in [0.5, 0.6) is 5.75 Å². The first kappa shape index (κ1) is 25.1. The van der Waals surface area contributed by atoms with E-state index in [-0.39, 0.29) is 24.2 Å². The van der Waals surface area contributed by atoms with Crippen molar-refractivity contribution < 1.29 is 28.7 Å². The molecule has 1 aromatic carbocycles. The third-order valence-electron chi connectivity index (χ3n) is 4.59. The fourth-order valence-electron chi connectivity index (χ4n) is 2.76. The molecule has 0 aliphatic rings. The Kier molecular flexibility index (Phi) is 9.87. The Morgan fingerprint density at radius 2 is 1.78 bits per heavy atom. The lowest BCUT2D eigenvalue weighted by Gasteiger charge is -2.13. The van der Waals surface area contributed by atoms with Crippen LogP contribution in [-0.4, -0.2) is 36.3 Å². The normalized spacial score (nSPS) is 11.4. The summed E-state index contributed by atoms with van der Waals surface area (Å²) < 4.78 is 10.7. The number of ketones is 1. The van der Waals surface area contributed by atoms with Gasteiger partial charge in [-0.15, -0.1) is 11.3 Å². The molecule has 9 heteroatoms. The average Bonchev–Trinajstić information content (AvgIpc) is 3.24. The fraction of sp³-hybridized carbons (Fsp3) is 0.391. The molecule has 0 radical (unpaired) electrons. The van der Waals surface area contributed by atoms with Crippen LogP contribution in [0.1, 0.15) is 66.7 Å². The predicted molar refractivity (Wildman–Crippen MR) is 122 cm³/mol. The lowest BCUT2D eigenvalue weighted by Crippen LogP contribution is -2.30. The van der Waals surface area contributed by atoms with Crippen LogP contribution in [0.25, 0.3) is 0 Å². The van der Waals surface area contributed by atoms with Crippen LogP contribution in [-0.2, 0) is 14.3 Å². The number of primary amides is 1. The summed E-state index contributed by atoms with van der Waals surface area (Å²) in [5.41, 5.74) is 5.90. The maximum absolute atomic E-state index is 12.3. The van der Waals surface area contributed by atoms with Gasteiger partial charge in [0.15, 0.2) is 11.9 Å². The number of amides is 2. The number of hydrogen-bond donors (Lipinski definition) is 2. The van der Waals surface area contributed by atoms with Crippen molar-refractivity contribution in [3.05, 3.63) is 46.8 Å². The van der Waals surface area contributed by atoms with Gasteiger partial charge in [0.2, 0.25) is 0 Å². The number of benzene rings is 1. The van der Waals surface area contributed by atoms with Gasteiger partial charge in [-0.1, -0.05) is 19.8 Å². The number of carbonyl (C=O) groups excluding carboxylic acids is 4. The molecule has 172 valence electrons. The van der Waals surface area contributed by atoms with Crippen LogP contribution in [0.15, 0.2) is 35.7 Å². The second-order valence-electron chi connectivity index (χ2n) is 7.15. The molecule has 0 bridgehead atoms. The van der Waals surface area contributed by atoms with Gasteiger partial charge in [0.25, 0.3) is 11.8 Å². The lowest BCUT2D eigenvalue weighted by molar-refractivity contribution is -0.153. The third kappa shape index (κ3) is 7.81. The number of Topliss-reactive ketones (excluding diaryl/α,β-unsaturated/α-hetero) is 1. The van der Waals surface area contributed by atoms with Gasteiger partial charge in [-0.25, -0.2) is 0 Å². The van der Waals surface area contributed by atoms with E-state index >= 15 is 0 Å². The predicted octanol–water partition coefficient (Wildman–Crippen LogP) is 3.95. The van der Waals surface area contributed by atoms with E-state index in [0.717, 1.165) is 30.6 Å². The second kappa shape index (κ2) is 12.6. The molecule has 0 aliphatic carbocycles. The van der Waals surface area contributed by atoms with Gasteiger partial charge < -0.3 is 20.5 Å². The summed E-state index contributed by atoms with van der Waals surface area (Å²) in [7, 11) is 0. The Balaban J connectivity index is 1.76. The Morgan fingerprint density at radius 3 is 2.44 bits per heavy atom. The van der Waals surface area contributed by atoms with E-state index in [4.69, 9.17) is 15.2 Å². The molecule has 2 rings (SSSR count). The van der Waals surface area contributed by atoms with Gasteiger partial charge in [-0.2, -0.15) is 0 Å². The maximum atomic E-state index is 12.3. The zero-order valence-corrected chi connectivity index (χ0v) is 19.0. The van der Waals surface area contributed by atoms with Crippen LogP contribution in [0.4, 0.5) is 5.00 Å². The zero-order valence-electron chi connectivity index (χ0n) is 18.2. The summed E-state index contributed by atoms with van der Waals surface area (Å²) in [6.45, 7) is 4.17. The number of ether oxygens (including phenoxy) is 2. The molecule has 1 aromatic heterocycles. The fourth-order valence-corrected chi connectivity index (χ4v) is 3.56. The maximum Gasteiger partial charge on any atom is 0.307 e. The number of nitrogens with two attached hydrogens (primary N) is 1. The van der Waals surface area contributed by atoms with E-state index in [1.807, 2.05) is 0 Å². The second-order valence-corrected chi connectivity index (χ2v) is 8.07. The van der Waals surface area contributed by atoms with Gasteiger partial charge in [-0.05, 0) is 49.1 Å². The first-order valence-corrected chi connectivity index (χ1v) is 11.3. The van der Waals surface area contributed by atoms with Crippen LogP contribution in [0, 0.1) is 0 Å². The number of hydrogen-bond acceptors (Lipinski definition) is 7. The molecule has 0 saturated carbocycles. The molecule has 0 saturated heterocycles. The van der Waals surface area contributed by atoms with Gasteiger partial charge in [0, 0.05) is 12.0 Å². The van der Waals surface area contributed by atoms with Crippen LogP contribution in [0.2, 0.25) is 0 Å². The molecular formula is C23H28N2O6S. The highest BCUT2D eigenvalue weighted by molar-refractivity contribution is 7.14. The number of carbonyl (C=O) groups is 4. The van der Waals surface area contributed by atoms with E-state index in [1.54, 1.807) is 29.6 Å². The summed E-state index contributed by atoms with van der Waals surface area (Å²) in [4.78, 5) is 47.9. The SMILES string of the molecule is CCCCCOc1ccc(C(=O)CCC(=O)OC(C)C(=O)Nc2sccc2C(N)=O)cc1. The summed E-state index contributed by atoms with van der Waals surface area (Å²) in [5, 5.41) is 4.42. The van der Waals surface area contributed by atoms with Crippen molar-refractivity contribution in [2.45, 2.75) is 52.1 Å². The Hall–Kier alpha value is -3.20. The van der Waals surface area contributed by atoms with Crippen molar-refractivity contribution >= 4 is 39.9 Å². The number of unbranched alkanes of at least 4 members (excludes halogenated alkanes) is 2. The van der Waals surface area contributed by atoms with Crippen LogP contribution in [0.3, 0.4) is 0 Å². The molecule has 1 unspecified atom stereocenters.